The standard InChI is InChI=1S/C13H20N2O/c1-5-6-10(2)13(16)14-9-12-8-7-11(3)15(12)4/h6-8H,5,9H2,1-4H3,(H,14,16). The van der Waals surface area contributed by atoms with E-state index in [0.717, 1.165) is 17.7 Å². The highest BCUT2D eigenvalue weighted by Gasteiger charge is 2.05. The molecule has 0 aliphatic rings. The molecule has 0 unspecified atom stereocenters. The van der Waals surface area contributed by atoms with Gasteiger partial charge in [-0.25, -0.2) is 0 Å². The summed E-state index contributed by atoms with van der Waals surface area (Å²) in [6.07, 6.45) is 2.83. The lowest BCUT2D eigenvalue weighted by atomic mass is 10.2. The quantitative estimate of drug-likeness (QED) is 0.776. The minimum atomic E-state index is 0.0145. The van der Waals surface area contributed by atoms with E-state index in [4.69, 9.17) is 0 Å². The number of allylic oxidation sites excluding steroid dienone is 1. The number of aromatic nitrogens is 1. The highest BCUT2D eigenvalue weighted by Crippen LogP contribution is 2.05. The van der Waals surface area contributed by atoms with Crippen molar-refractivity contribution < 1.29 is 4.79 Å². The fourth-order valence-electron chi connectivity index (χ4n) is 1.55. The Morgan fingerprint density at radius 1 is 1.50 bits per heavy atom. The van der Waals surface area contributed by atoms with Crippen LogP contribution in [0.4, 0.5) is 0 Å². The van der Waals surface area contributed by atoms with Crippen LogP contribution in [0.1, 0.15) is 31.7 Å². The molecular formula is C13H20N2O. The van der Waals surface area contributed by atoms with E-state index in [2.05, 4.69) is 16.0 Å². The molecule has 88 valence electrons. The van der Waals surface area contributed by atoms with Gasteiger partial charge in [0.2, 0.25) is 5.91 Å². The first kappa shape index (κ1) is 12.6. The molecule has 0 radical (unpaired) electrons. The fourth-order valence-corrected chi connectivity index (χ4v) is 1.55. The number of carbonyl (C=O) groups excluding carboxylic acids is 1. The van der Waals surface area contributed by atoms with Crippen LogP contribution in [0.15, 0.2) is 23.8 Å². The number of nitrogens with zero attached hydrogens (tertiary/aromatic N) is 1. The van der Waals surface area contributed by atoms with E-state index in [0.29, 0.717) is 6.54 Å². The van der Waals surface area contributed by atoms with E-state index in [-0.39, 0.29) is 5.91 Å². The van der Waals surface area contributed by atoms with Gasteiger partial charge in [-0.1, -0.05) is 13.0 Å². The second kappa shape index (κ2) is 5.54. The van der Waals surface area contributed by atoms with Crippen LogP contribution in [0.2, 0.25) is 0 Å². The van der Waals surface area contributed by atoms with Crippen LogP contribution in [-0.4, -0.2) is 10.5 Å². The highest BCUT2D eigenvalue weighted by atomic mass is 16.1. The van der Waals surface area contributed by atoms with Crippen molar-refractivity contribution in [3.63, 3.8) is 0 Å². The largest absolute Gasteiger partial charge is 0.350 e. The van der Waals surface area contributed by atoms with E-state index in [1.54, 1.807) is 0 Å². The van der Waals surface area contributed by atoms with E-state index >= 15 is 0 Å². The van der Waals surface area contributed by atoms with Crippen molar-refractivity contribution in [2.24, 2.45) is 7.05 Å². The topological polar surface area (TPSA) is 34.0 Å². The van der Waals surface area contributed by atoms with Crippen LogP contribution in [0.25, 0.3) is 0 Å². The summed E-state index contributed by atoms with van der Waals surface area (Å²) in [4.78, 5) is 11.6. The first-order valence-corrected chi connectivity index (χ1v) is 5.62. The molecule has 16 heavy (non-hydrogen) atoms. The third kappa shape index (κ3) is 2.99. The lowest BCUT2D eigenvalue weighted by molar-refractivity contribution is -0.117. The molecule has 1 amide bonds. The van der Waals surface area contributed by atoms with Gasteiger partial charge in [-0.05, 0) is 32.4 Å². The Balaban J connectivity index is 2.56. The summed E-state index contributed by atoms with van der Waals surface area (Å²) in [5.41, 5.74) is 3.11. The predicted octanol–water partition coefficient (Wildman–Crippen LogP) is 2.31. The molecule has 1 N–H and O–H groups in total. The van der Waals surface area contributed by atoms with Gasteiger partial charge < -0.3 is 9.88 Å². The van der Waals surface area contributed by atoms with Gasteiger partial charge in [0.25, 0.3) is 0 Å². The molecule has 1 aromatic rings. The van der Waals surface area contributed by atoms with Gasteiger partial charge in [0.05, 0.1) is 6.54 Å². The maximum absolute atomic E-state index is 11.6. The molecule has 0 aliphatic heterocycles. The molecule has 3 heteroatoms. The van der Waals surface area contributed by atoms with E-state index < -0.39 is 0 Å². The number of rotatable bonds is 4. The summed E-state index contributed by atoms with van der Waals surface area (Å²) in [5.74, 6) is 0.0145. The Morgan fingerprint density at radius 3 is 2.69 bits per heavy atom. The van der Waals surface area contributed by atoms with E-state index in [1.807, 2.05) is 40.0 Å². The zero-order valence-electron chi connectivity index (χ0n) is 10.5. The average molecular weight is 220 g/mol. The molecule has 1 aromatic heterocycles. The summed E-state index contributed by atoms with van der Waals surface area (Å²) >= 11 is 0. The van der Waals surface area contributed by atoms with Crippen LogP contribution in [0, 0.1) is 6.92 Å². The summed E-state index contributed by atoms with van der Waals surface area (Å²) < 4.78 is 2.08. The highest BCUT2D eigenvalue weighted by molar-refractivity contribution is 5.92. The lowest BCUT2D eigenvalue weighted by Gasteiger charge is -2.07. The summed E-state index contributed by atoms with van der Waals surface area (Å²) in [5, 5.41) is 2.91. The molecule has 0 saturated heterocycles. The SMILES string of the molecule is CCC=C(C)C(=O)NCc1ccc(C)n1C. The van der Waals surface area contributed by atoms with Crippen molar-refractivity contribution in [1.29, 1.82) is 0 Å². The van der Waals surface area contributed by atoms with Crippen molar-refractivity contribution in [1.82, 2.24) is 9.88 Å². The summed E-state index contributed by atoms with van der Waals surface area (Å²) in [6, 6.07) is 4.09. The minimum Gasteiger partial charge on any atom is -0.350 e. The Labute approximate surface area is 97.2 Å². The number of amides is 1. The smallest absolute Gasteiger partial charge is 0.246 e. The molecule has 0 fully saturated rings. The molecule has 0 atom stereocenters. The molecule has 3 nitrogen and oxygen atoms in total. The van der Waals surface area contributed by atoms with Gasteiger partial charge >= 0.3 is 0 Å². The van der Waals surface area contributed by atoms with Crippen LogP contribution in [0.5, 0.6) is 0 Å². The molecule has 0 spiro atoms. The van der Waals surface area contributed by atoms with Crippen molar-refractivity contribution in [2.45, 2.75) is 33.7 Å². The molecular weight excluding hydrogens is 200 g/mol. The molecule has 1 rings (SSSR count). The molecule has 1 heterocycles. The minimum absolute atomic E-state index is 0.0145. The number of hydrogen-bond donors (Lipinski definition) is 1. The van der Waals surface area contributed by atoms with Crippen LogP contribution >= 0.6 is 0 Å². The van der Waals surface area contributed by atoms with Gasteiger partial charge in [-0.15, -0.1) is 0 Å². The zero-order valence-corrected chi connectivity index (χ0v) is 10.5. The maximum atomic E-state index is 11.6. The van der Waals surface area contributed by atoms with Gasteiger partial charge in [-0.3, -0.25) is 4.79 Å². The molecule has 0 aliphatic carbocycles. The number of hydrogen-bond acceptors (Lipinski definition) is 1. The Bertz CT molecular complexity index is 402. The van der Waals surface area contributed by atoms with E-state index in [9.17, 15) is 4.79 Å². The first-order chi connectivity index (χ1) is 7.56. The molecule has 0 saturated carbocycles. The lowest BCUT2D eigenvalue weighted by Crippen LogP contribution is -2.24. The summed E-state index contributed by atoms with van der Waals surface area (Å²) in [6.45, 7) is 6.50. The monoisotopic (exact) mass is 220 g/mol. The van der Waals surface area contributed by atoms with Crippen molar-refractivity contribution in [3.8, 4) is 0 Å². The van der Waals surface area contributed by atoms with Gasteiger partial charge in [0, 0.05) is 24.0 Å². The maximum Gasteiger partial charge on any atom is 0.246 e. The molecule has 0 aromatic carbocycles. The molecule has 0 bridgehead atoms. The third-order valence-corrected chi connectivity index (χ3v) is 2.78. The Morgan fingerprint density at radius 2 is 2.19 bits per heavy atom. The number of aryl methyl sites for hydroxylation is 1. The second-order valence-corrected chi connectivity index (χ2v) is 4.00. The fraction of sp³-hybridized carbons (Fsp3) is 0.462. The zero-order chi connectivity index (χ0) is 12.1. The average Bonchev–Trinajstić information content (AvgIpc) is 2.57. The van der Waals surface area contributed by atoms with Crippen LogP contribution in [0.3, 0.4) is 0 Å². The summed E-state index contributed by atoms with van der Waals surface area (Å²) in [7, 11) is 2.01. The third-order valence-electron chi connectivity index (χ3n) is 2.78. The Hall–Kier alpha value is -1.51. The predicted molar refractivity (Wildman–Crippen MR) is 66.0 cm³/mol. The van der Waals surface area contributed by atoms with Gasteiger partial charge in [-0.2, -0.15) is 0 Å². The number of nitrogens with one attached hydrogen (secondary N) is 1. The van der Waals surface area contributed by atoms with E-state index in [1.165, 1.54) is 5.69 Å². The van der Waals surface area contributed by atoms with Crippen LogP contribution in [-0.2, 0) is 18.4 Å². The van der Waals surface area contributed by atoms with Gasteiger partial charge in [0.1, 0.15) is 0 Å². The normalized spacial score (nSPS) is 11.6. The van der Waals surface area contributed by atoms with Crippen molar-refractivity contribution >= 4 is 5.91 Å². The Kier molecular flexibility index (Phi) is 4.35. The van der Waals surface area contributed by atoms with Gasteiger partial charge in [0.15, 0.2) is 0 Å². The van der Waals surface area contributed by atoms with Crippen molar-refractivity contribution in [2.75, 3.05) is 0 Å². The first-order valence-electron chi connectivity index (χ1n) is 5.62. The number of carbonyl (C=O) groups is 1. The second-order valence-electron chi connectivity index (χ2n) is 4.00. The van der Waals surface area contributed by atoms with Crippen LogP contribution < -0.4 is 5.32 Å². The van der Waals surface area contributed by atoms with Crippen molar-refractivity contribution in [3.05, 3.63) is 35.2 Å².